The van der Waals surface area contributed by atoms with E-state index in [0.29, 0.717) is 0 Å². The Morgan fingerprint density at radius 1 is 0.654 bits per heavy atom. The van der Waals surface area contributed by atoms with Gasteiger partial charge in [-0.1, -0.05) is 70.9 Å². The molecular formula is C23H45ClO2. The molecule has 2 nitrogen and oxygen atoms in total. The van der Waals surface area contributed by atoms with E-state index in [2.05, 4.69) is 26.0 Å². The normalized spacial score (nSPS) is 11.8. The highest BCUT2D eigenvalue weighted by atomic mass is 35.5. The minimum Gasteiger partial charge on any atom is -0.353 e. The second kappa shape index (κ2) is 23.0. The van der Waals surface area contributed by atoms with E-state index in [4.69, 9.17) is 21.1 Å². The van der Waals surface area contributed by atoms with Crippen LogP contribution < -0.4 is 0 Å². The molecule has 0 fully saturated rings. The SMILES string of the molecule is CCCCCCOC(CCCCC/C=C/CCCCl)OCCCCCC. The molecule has 0 heterocycles. The minimum atomic E-state index is 0.0116. The third-order valence-corrected chi connectivity index (χ3v) is 4.85. The Hall–Kier alpha value is -0.0500. The van der Waals surface area contributed by atoms with Crippen LogP contribution in [-0.4, -0.2) is 25.4 Å². The van der Waals surface area contributed by atoms with Crippen LogP contribution in [0.4, 0.5) is 0 Å². The minimum absolute atomic E-state index is 0.0116. The van der Waals surface area contributed by atoms with Gasteiger partial charge in [-0.2, -0.15) is 0 Å². The Kier molecular flexibility index (Phi) is 22.9. The van der Waals surface area contributed by atoms with E-state index in [1.165, 1.54) is 64.2 Å². The molecule has 156 valence electrons. The number of hydrogen-bond donors (Lipinski definition) is 0. The Morgan fingerprint density at radius 2 is 1.19 bits per heavy atom. The predicted octanol–water partition coefficient (Wildman–Crippen LogP) is 8.03. The van der Waals surface area contributed by atoms with Crippen molar-refractivity contribution in [1.29, 1.82) is 0 Å². The fraction of sp³-hybridized carbons (Fsp3) is 0.913. The highest BCUT2D eigenvalue weighted by Crippen LogP contribution is 2.13. The van der Waals surface area contributed by atoms with Crippen molar-refractivity contribution in [3.05, 3.63) is 12.2 Å². The summed E-state index contributed by atoms with van der Waals surface area (Å²) in [7, 11) is 0. The average molecular weight is 389 g/mol. The molecule has 0 bridgehead atoms. The summed E-state index contributed by atoms with van der Waals surface area (Å²) in [4.78, 5) is 0. The van der Waals surface area contributed by atoms with Crippen LogP contribution in [0.25, 0.3) is 0 Å². The van der Waals surface area contributed by atoms with Gasteiger partial charge >= 0.3 is 0 Å². The molecule has 0 aromatic rings. The number of hydrogen-bond acceptors (Lipinski definition) is 2. The van der Waals surface area contributed by atoms with E-state index in [9.17, 15) is 0 Å². The number of alkyl halides is 1. The fourth-order valence-electron chi connectivity index (χ4n) is 2.88. The molecule has 0 aliphatic carbocycles. The smallest absolute Gasteiger partial charge is 0.157 e. The Balaban J connectivity index is 3.78. The van der Waals surface area contributed by atoms with Crippen molar-refractivity contribution in [3.63, 3.8) is 0 Å². The van der Waals surface area contributed by atoms with E-state index in [1.807, 2.05) is 0 Å². The third kappa shape index (κ3) is 20.3. The summed E-state index contributed by atoms with van der Waals surface area (Å²) in [6.07, 6.45) is 22.8. The molecule has 3 heteroatoms. The maximum absolute atomic E-state index is 6.02. The van der Waals surface area contributed by atoms with Gasteiger partial charge in [-0.05, 0) is 51.4 Å². The van der Waals surface area contributed by atoms with E-state index in [-0.39, 0.29) is 6.29 Å². The maximum Gasteiger partial charge on any atom is 0.157 e. The lowest BCUT2D eigenvalue weighted by molar-refractivity contribution is -0.148. The first kappa shape index (κ1) is 26.0. The molecule has 26 heavy (non-hydrogen) atoms. The Morgan fingerprint density at radius 3 is 1.73 bits per heavy atom. The van der Waals surface area contributed by atoms with Gasteiger partial charge in [-0.15, -0.1) is 11.6 Å². The first-order valence-corrected chi connectivity index (χ1v) is 11.8. The molecule has 0 spiro atoms. The van der Waals surface area contributed by atoms with Gasteiger partial charge in [0.05, 0.1) is 0 Å². The molecular weight excluding hydrogens is 344 g/mol. The van der Waals surface area contributed by atoms with Crippen LogP contribution in [0.5, 0.6) is 0 Å². The van der Waals surface area contributed by atoms with Crippen molar-refractivity contribution in [2.24, 2.45) is 0 Å². The second-order valence-corrected chi connectivity index (χ2v) is 7.61. The number of allylic oxidation sites excluding steroid dienone is 2. The quantitative estimate of drug-likeness (QED) is 0.0856. The van der Waals surface area contributed by atoms with Crippen molar-refractivity contribution < 1.29 is 9.47 Å². The van der Waals surface area contributed by atoms with Gasteiger partial charge in [0.15, 0.2) is 6.29 Å². The molecule has 0 N–H and O–H groups in total. The standard InChI is InChI=1S/C23H45ClO2/c1-3-5-7-17-21-25-23(26-22-18-8-6-4-2)19-15-13-11-9-10-12-14-16-20-24/h10,12,23H,3-9,11,13-22H2,1-2H3/b12-10+. The van der Waals surface area contributed by atoms with E-state index in [0.717, 1.165) is 51.2 Å². The van der Waals surface area contributed by atoms with E-state index < -0.39 is 0 Å². The number of halogens is 1. The number of unbranched alkanes of at least 4 members (excludes halogenated alkanes) is 10. The third-order valence-electron chi connectivity index (χ3n) is 4.58. The molecule has 0 rings (SSSR count). The predicted molar refractivity (Wildman–Crippen MR) is 116 cm³/mol. The fourth-order valence-corrected chi connectivity index (χ4v) is 3.04. The van der Waals surface area contributed by atoms with Crippen LogP contribution in [0, 0.1) is 0 Å². The first-order chi connectivity index (χ1) is 12.8. The summed E-state index contributed by atoms with van der Waals surface area (Å²) in [6.45, 7) is 6.19. The Bertz CT molecular complexity index is 267. The molecule has 0 amide bonds. The summed E-state index contributed by atoms with van der Waals surface area (Å²) in [5.74, 6) is 0.766. The zero-order chi connectivity index (χ0) is 19.1. The van der Waals surface area contributed by atoms with Gasteiger partial charge in [0, 0.05) is 19.1 Å². The van der Waals surface area contributed by atoms with Crippen molar-refractivity contribution in [2.45, 2.75) is 116 Å². The van der Waals surface area contributed by atoms with Crippen LogP contribution in [0.2, 0.25) is 0 Å². The van der Waals surface area contributed by atoms with Crippen LogP contribution in [0.3, 0.4) is 0 Å². The molecule has 0 saturated heterocycles. The Labute approximate surface area is 169 Å². The van der Waals surface area contributed by atoms with Crippen LogP contribution in [-0.2, 0) is 9.47 Å². The van der Waals surface area contributed by atoms with Crippen molar-refractivity contribution >= 4 is 11.6 Å². The van der Waals surface area contributed by atoms with Gasteiger partial charge in [0.2, 0.25) is 0 Å². The zero-order valence-corrected chi connectivity index (χ0v) is 18.4. The molecule has 0 atom stereocenters. The summed E-state index contributed by atoms with van der Waals surface area (Å²) in [5.41, 5.74) is 0. The van der Waals surface area contributed by atoms with E-state index >= 15 is 0 Å². The van der Waals surface area contributed by atoms with Gasteiger partial charge in [-0.3, -0.25) is 0 Å². The van der Waals surface area contributed by atoms with Gasteiger partial charge in [0.25, 0.3) is 0 Å². The zero-order valence-electron chi connectivity index (χ0n) is 17.7. The first-order valence-electron chi connectivity index (χ1n) is 11.3. The number of ether oxygens (including phenoxy) is 2. The lowest BCUT2D eigenvalue weighted by atomic mass is 10.1. The topological polar surface area (TPSA) is 18.5 Å². The average Bonchev–Trinajstić information content (AvgIpc) is 2.65. The molecule has 0 aliphatic heterocycles. The van der Waals surface area contributed by atoms with Gasteiger partial charge in [0.1, 0.15) is 0 Å². The summed E-state index contributed by atoms with van der Waals surface area (Å²) < 4.78 is 12.0. The number of rotatable bonds is 21. The molecule has 0 saturated carbocycles. The van der Waals surface area contributed by atoms with Gasteiger partial charge < -0.3 is 9.47 Å². The molecule has 0 unspecified atom stereocenters. The lowest BCUT2D eigenvalue weighted by Crippen LogP contribution is -2.19. The molecule has 0 radical (unpaired) electrons. The summed E-state index contributed by atoms with van der Waals surface area (Å²) in [5, 5.41) is 0. The maximum atomic E-state index is 6.02. The van der Waals surface area contributed by atoms with Crippen molar-refractivity contribution in [1.82, 2.24) is 0 Å². The highest BCUT2D eigenvalue weighted by molar-refractivity contribution is 6.17. The van der Waals surface area contributed by atoms with Crippen molar-refractivity contribution in [2.75, 3.05) is 19.1 Å². The van der Waals surface area contributed by atoms with Crippen LogP contribution in [0.1, 0.15) is 110 Å². The largest absolute Gasteiger partial charge is 0.353 e. The summed E-state index contributed by atoms with van der Waals surface area (Å²) >= 11 is 5.68. The summed E-state index contributed by atoms with van der Waals surface area (Å²) in [6, 6.07) is 0. The molecule has 0 aromatic heterocycles. The monoisotopic (exact) mass is 388 g/mol. The lowest BCUT2D eigenvalue weighted by Gasteiger charge is -2.19. The van der Waals surface area contributed by atoms with Gasteiger partial charge in [-0.25, -0.2) is 0 Å². The highest BCUT2D eigenvalue weighted by Gasteiger charge is 2.09. The van der Waals surface area contributed by atoms with E-state index in [1.54, 1.807) is 0 Å². The van der Waals surface area contributed by atoms with Crippen molar-refractivity contribution in [3.8, 4) is 0 Å². The second-order valence-electron chi connectivity index (χ2n) is 7.23. The van der Waals surface area contributed by atoms with Crippen LogP contribution in [0.15, 0.2) is 12.2 Å². The van der Waals surface area contributed by atoms with Crippen LogP contribution >= 0.6 is 11.6 Å². The molecule has 0 aliphatic rings. The molecule has 0 aromatic carbocycles.